The van der Waals surface area contributed by atoms with Gasteiger partial charge in [-0.25, -0.2) is 9.97 Å². The molecular formula is C22H23ClN4OS2. The average molecular weight is 459 g/mol. The Balaban J connectivity index is 0.00000256. The number of carbonyl (C=O) groups is 1. The molecule has 0 radical (unpaired) electrons. The molecule has 30 heavy (non-hydrogen) atoms. The first-order chi connectivity index (χ1) is 14.1. The molecule has 156 valence electrons. The lowest BCUT2D eigenvalue weighted by Crippen LogP contribution is -2.32. The molecule has 0 saturated heterocycles. The molecule has 2 aromatic heterocycles. The highest BCUT2D eigenvalue weighted by molar-refractivity contribution is 7.98. The number of amides is 1. The second kappa shape index (κ2) is 10.1. The van der Waals surface area contributed by atoms with Crippen molar-refractivity contribution >= 4 is 56.8 Å². The number of anilines is 1. The fraction of sp³-hybridized carbons (Fsp3) is 0.227. The van der Waals surface area contributed by atoms with Crippen LogP contribution in [0.2, 0.25) is 0 Å². The van der Waals surface area contributed by atoms with Gasteiger partial charge < -0.3 is 4.57 Å². The Bertz CT molecular complexity index is 1130. The summed E-state index contributed by atoms with van der Waals surface area (Å²) in [6.45, 7) is 3.47. The fourth-order valence-corrected chi connectivity index (χ4v) is 4.71. The van der Waals surface area contributed by atoms with E-state index in [1.54, 1.807) is 35.6 Å². The maximum Gasteiger partial charge on any atom is 0.260 e. The highest BCUT2D eigenvalue weighted by Crippen LogP contribution is 2.31. The fourth-order valence-electron chi connectivity index (χ4n) is 3.16. The number of nitrogens with zero attached hydrogens (tertiary/aromatic N) is 4. The van der Waals surface area contributed by atoms with Crippen molar-refractivity contribution in [2.24, 2.45) is 0 Å². The highest BCUT2D eigenvalue weighted by atomic mass is 35.5. The lowest BCUT2D eigenvalue weighted by molar-refractivity contribution is 0.0986. The summed E-state index contributed by atoms with van der Waals surface area (Å²) in [5.41, 5.74) is 2.81. The number of thiazole rings is 1. The Morgan fingerprint density at radius 2 is 2.10 bits per heavy atom. The number of imidazole rings is 1. The summed E-state index contributed by atoms with van der Waals surface area (Å²) < 4.78 is 3.13. The zero-order valence-corrected chi connectivity index (χ0v) is 19.3. The summed E-state index contributed by atoms with van der Waals surface area (Å²) in [7, 11) is 0. The van der Waals surface area contributed by atoms with Crippen molar-refractivity contribution in [3.63, 3.8) is 0 Å². The first kappa shape index (κ1) is 22.3. The van der Waals surface area contributed by atoms with E-state index in [2.05, 4.69) is 24.0 Å². The van der Waals surface area contributed by atoms with Gasteiger partial charge in [-0.05, 0) is 55.5 Å². The van der Waals surface area contributed by atoms with Gasteiger partial charge in [0.1, 0.15) is 0 Å². The molecule has 0 bridgehead atoms. The Kier molecular flexibility index (Phi) is 7.53. The number of halogens is 1. The Labute approximate surface area is 190 Å². The van der Waals surface area contributed by atoms with E-state index in [1.807, 2.05) is 52.3 Å². The zero-order valence-electron chi connectivity index (χ0n) is 16.8. The summed E-state index contributed by atoms with van der Waals surface area (Å²) in [6.07, 6.45) is 8.34. The quantitative estimate of drug-likeness (QED) is 0.334. The number of aryl methyl sites for hydroxylation is 2. The lowest BCUT2D eigenvalue weighted by Gasteiger charge is -2.20. The molecule has 0 aliphatic carbocycles. The molecule has 8 heteroatoms. The molecule has 1 amide bonds. The Hall–Kier alpha value is -2.35. The molecular weight excluding hydrogens is 436 g/mol. The van der Waals surface area contributed by atoms with E-state index in [4.69, 9.17) is 4.98 Å². The number of aromatic nitrogens is 3. The van der Waals surface area contributed by atoms with Gasteiger partial charge in [-0.1, -0.05) is 23.5 Å². The molecule has 0 aliphatic rings. The molecule has 0 fully saturated rings. The number of thioether (sulfide) groups is 1. The van der Waals surface area contributed by atoms with Gasteiger partial charge in [-0.2, -0.15) is 0 Å². The van der Waals surface area contributed by atoms with Crippen LogP contribution in [0, 0.1) is 6.92 Å². The third kappa shape index (κ3) is 5.03. The van der Waals surface area contributed by atoms with E-state index in [-0.39, 0.29) is 18.3 Å². The first-order valence-corrected chi connectivity index (χ1v) is 11.5. The summed E-state index contributed by atoms with van der Waals surface area (Å²) >= 11 is 3.21. The number of hydrogen-bond acceptors (Lipinski definition) is 5. The number of hydrogen-bond donors (Lipinski definition) is 0. The van der Waals surface area contributed by atoms with Gasteiger partial charge in [-0.15, -0.1) is 24.2 Å². The predicted molar refractivity (Wildman–Crippen MR) is 128 cm³/mol. The minimum Gasteiger partial charge on any atom is -0.337 e. The third-order valence-corrected chi connectivity index (χ3v) is 6.45. The van der Waals surface area contributed by atoms with Crippen LogP contribution in [0.5, 0.6) is 0 Å². The number of rotatable bonds is 7. The highest BCUT2D eigenvalue weighted by Gasteiger charge is 2.21. The van der Waals surface area contributed by atoms with E-state index in [0.29, 0.717) is 12.1 Å². The van der Waals surface area contributed by atoms with Crippen LogP contribution in [-0.4, -0.2) is 33.2 Å². The molecule has 0 spiro atoms. The van der Waals surface area contributed by atoms with Crippen molar-refractivity contribution in [1.29, 1.82) is 0 Å². The van der Waals surface area contributed by atoms with Gasteiger partial charge >= 0.3 is 0 Å². The minimum atomic E-state index is -0.0118. The van der Waals surface area contributed by atoms with E-state index < -0.39 is 0 Å². The molecule has 0 atom stereocenters. The Morgan fingerprint density at radius 3 is 2.87 bits per heavy atom. The molecule has 2 heterocycles. The largest absolute Gasteiger partial charge is 0.337 e. The molecule has 4 rings (SSSR count). The van der Waals surface area contributed by atoms with Crippen LogP contribution >= 0.6 is 35.5 Å². The van der Waals surface area contributed by atoms with Gasteiger partial charge in [0.2, 0.25) is 0 Å². The van der Waals surface area contributed by atoms with Gasteiger partial charge in [0.15, 0.2) is 5.13 Å². The molecule has 0 N–H and O–H groups in total. The molecule has 2 aromatic carbocycles. The van der Waals surface area contributed by atoms with E-state index in [1.165, 1.54) is 5.56 Å². The van der Waals surface area contributed by atoms with Crippen LogP contribution in [0.15, 0.2) is 66.1 Å². The van der Waals surface area contributed by atoms with Gasteiger partial charge in [-0.3, -0.25) is 9.69 Å². The standard InChI is InChI=1S/C22H22N4OS2.ClH/c1-16-7-8-19-20(13-16)29-22(24-19)26(11-4-10-25-12-9-23-15-25)21(27)17-5-3-6-18(14-17)28-2;/h3,5-9,12-15H,4,10-11H2,1-2H3;1H. The monoisotopic (exact) mass is 458 g/mol. The Morgan fingerprint density at radius 1 is 1.23 bits per heavy atom. The zero-order chi connectivity index (χ0) is 20.2. The van der Waals surface area contributed by atoms with Crippen molar-refractivity contribution in [3.8, 4) is 0 Å². The molecule has 4 aromatic rings. The van der Waals surface area contributed by atoms with Crippen LogP contribution in [0.4, 0.5) is 5.13 Å². The molecule has 0 saturated carbocycles. The van der Waals surface area contributed by atoms with Gasteiger partial charge in [0, 0.05) is 35.9 Å². The number of carbonyl (C=O) groups excluding carboxylic acids is 1. The summed E-state index contributed by atoms with van der Waals surface area (Å²) in [4.78, 5) is 25.2. The van der Waals surface area contributed by atoms with Crippen molar-refractivity contribution in [3.05, 3.63) is 72.3 Å². The topological polar surface area (TPSA) is 51.0 Å². The maximum absolute atomic E-state index is 13.4. The minimum absolute atomic E-state index is 0. The van der Waals surface area contributed by atoms with Crippen LogP contribution in [0.25, 0.3) is 10.2 Å². The van der Waals surface area contributed by atoms with Crippen LogP contribution in [0.1, 0.15) is 22.3 Å². The first-order valence-electron chi connectivity index (χ1n) is 9.43. The second-order valence-electron chi connectivity index (χ2n) is 6.81. The molecule has 0 aliphatic heterocycles. The van der Waals surface area contributed by atoms with Crippen LogP contribution < -0.4 is 4.90 Å². The molecule has 5 nitrogen and oxygen atoms in total. The SMILES string of the molecule is CSc1cccc(C(=O)N(CCCn2ccnc2)c2nc3ccc(C)cc3s2)c1.Cl. The number of benzene rings is 2. The van der Waals surface area contributed by atoms with Crippen LogP contribution in [0.3, 0.4) is 0 Å². The van der Waals surface area contributed by atoms with E-state index in [0.717, 1.165) is 33.2 Å². The summed E-state index contributed by atoms with van der Waals surface area (Å²) in [5.74, 6) is -0.0118. The average Bonchev–Trinajstić information content (AvgIpc) is 3.40. The summed E-state index contributed by atoms with van der Waals surface area (Å²) in [6, 6.07) is 14.0. The predicted octanol–water partition coefficient (Wildman–Crippen LogP) is 5.68. The lowest BCUT2D eigenvalue weighted by atomic mass is 10.2. The van der Waals surface area contributed by atoms with Gasteiger partial charge in [0.25, 0.3) is 5.91 Å². The summed E-state index contributed by atoms with van der Waals surface area (Å²) in [5, 5.41) is 0.746. The van der Waals surface area contributed by atoms with Crippen molar-refractivity contribution in [2.45, 2.75) is 24.8 Å². The molecule has 0 unspecified atom stereocenters. The number of fused-ring (bicyclic) bond motifs is 1. The normalized spacial score (nSPS) is 10.7. The third-order valence-electron chi connectivity index (χ3n) is 4.68. The van der Waals surface area contributed by atoms with Crippen molar-refractivity contribution in [1.82, 2.24) is 14.5 Å². The van der Waals surface area contributed by atoms with E-state index in [9.17, 15) is 4.79 Å². The van der Waals surface area contributed by atoms with Crippen molar-refractivity contribution in [2.75, 3.05) is 17.7 Å². The second-order valence-corrected chi connectivity index (χ2v) is 8.70. The smallest absolute Gasteiger partial charge is 0.260 e. The van der Waals surface area contributed by atoms with E-state index >= 15 is 0 Å². The van der Waals surface area contributed by atoms with Crippen LogP contribution in [-0.2, 0) is 6.54 Å². The maximum atomic E-state index is 13.4. The van der Waals surface area contributed by atoms with Gasteiger partial charge in [0.05, 0.1) is 16.5 Å². The van der Waals surface area contributed by atoms with Crippen molar-refractivity contribution < 1.29 is 4.79 Å².